The SMILES string of the molecule is FC(F)(F)c1ccc2nccc(N3CCN(C(=S)NCc4ccccc4)CC3)c2c1. The third-order valence-corrected chi connectivity index (χ3v) is 5.64. The van der Waals surface area contributed by atoms with E-state index in [2.05, 4.69) is 20.1 Å². The summed E-state index contributed by atoms with van der Waals surface area (Å²) in [5.74, 6) is 0. The standard InChI is InChI=1S/C22H21F3N4S/c23-22(24,25)17-6-7-19-18(14-17)20(8-9-26-19)28-10-12-29(13-11-28)21(30)27-15-16-4-2-1-3-5-16/h1-9,14H,10-13,15H2,(H,27,30). The van der Waals surface area contributed by atoms with Crippen LogP contribution in [0.2, 0.25) is 0 Å². The van der Waals surface area contributed by atoms with Crippen molar-refractivity contribution in [1.82, 2.24) is 15.2 Å². The van der Waals surface area contributed by atoms with E-state index in [4.69, 9.17) is 12.2 Å². The number of rotatable bonds is 3. The van der Waals surface area contributed by atoms with E-state index < -0.39 is 11.7 Å². The molecule has 0 radical (unpaired) electrons. The van der Waals surface area contributed by atoms with Gasteiger partial charge in [-0.25, -0.2) is 0 Å². The summed E-state index contributed by atoms with van der Waals surface area (Å²) in [6.07, 6.45) is -2.74. The fourth-order valence-electron chi connectivity index (χ4n) is 3.62. The molecule has 1 aliphatic heterocycles. The lowest BCUT2D eigenvalue weighted by molar-refractivity contribution is -0.137. The molecular formula is C22H21F3N4S. The Bertz CT molecular complexity index is 1030. The van der Waals surface area contributed by atoms with Crippen LogP contribution in [0.1, 0.15) is 11.1 Å². The van der Waals surface area contributed by atoms with Gasteiger partial charge in [0.2, 0.25) is 0 Å². The number of hydrogen-bond acceptors (Lipinski definition) is 3. The number of halogens is 3. The Hall–Kier alpha value is -2.87. The van der Waals surface area contributed by atoms with Crippen molar-refractivity contribution in [3.8, 4) is 0 Å². The maximum atomic E-state index is 13.2. The van der Waals surface area contributed by atoms with E-state index in [0.717, 1.165) is 17.3 Å². The number of alkyl halides is 3. The smallest absolute Gasteiger partial charge is 0.367 e. The number of pyridine rings is 1. The molecule has 0 amide bonds. The minimum atomic E-state index is -4.38. The number of nitrogens with zero attached hydrogens (tertiary/aromatic N) is 3. The van der Waals surface area contributed by atoms with Gasteiger partial charge in [0, 0.05) is 50.0 Å². The van der Waals surface area contributed by atoms with Crippen LogP contribution < -0.4 is 10.2 Å². The van der Waals surface area contributed by atoms with Gasteiger partial charge in [-0.2, -0.15) is 13.2 Å². The predicted molar refractivity (Wildman–Crippen MR) is 116 cm³/mol. The average molecular weight is 430 g/mol. The molecule has 4 rings (SSSR count). The fourth-order valence-corrected chi connectivity index (χ4v) is 3.87. The van der Waals surface area contributed by atoms with E-state index in [9.17, 15) is 13.2 Å². The molecule has 1 saturated heterocycles. The number of aromatic nitrogens is 1. The normalized spacial score (nSPS) is 14.8. The average Bonchev–Trinajstić information content (AvgIpc) is 2.77. The summed E-state index contributed by atoms with van der Waals surface area (Å²) in [7, 11) is 0. The number of benzene rings is 2. The molecule has 2 aromatic carbocycles. The first-order valence-corrected chi connectivity index (χ1v) is 10.1. The predicted octanol–water partition coefficient (Wildman–Crippen LogP) is 4.45. The van der Waals surface area contributed by atoms with Gasteiger partial charge in [0.25, 0.3) is 0 Å². The van der Waals surface area contributed by atoms with Crippen LogP contribution in [0, 0.1) is 0 Å². The van der Waals surface area contributed by atoms with Crippen molar-refractivity contribution in [2.75, 3.05) is 31.1 Å². The zero-order valence-corrected chi connectivity index (χ0v) is 17.0. The molecule has 0 saturated carbocycles. The lowest BCUT2D eigenvalue weighted by atomic mass is 10.1. The zero-order valence-electron chi connectivity index (χ0n) is 16.2. The van der Waals surface area contributed by atoms with Crippen LogP contribution >= 0.6 is 12.2 Å². The summed E-state index contributed by atoms with van der Waals surface area (Å²) in [4.78, 5) is 8.42. The van der Waals surface area contributed by atoms with Crippen molar-refractivity contribution in [3.05, 3.63) is 71.9 Å². The monoisotopic (exact) mass is 430 g/mol. The number of nitrogens with one attached hydrogen (secondary N) is 1. The highest BCUT2D eigenvalue weighted by Gasteiger charge is 2.31. The van der Waals surface area contributed by atoms with Crippen molar-refractivity contribution in [2.24, 2.45) is 0 Å². The first-order chi connectivity index (χ1) is 14.4. The second-order valence-electron chi connectivity index (χ2n) is 7.18. The van der Waals surface area contributed by atoms with Crippen molar-refractivity contribution >= 4 is 33.9 Å². The number of anilines is 1. The van der Waals surface area contributed by atoms with Gasteiger partial charge >= 0.3 is 6.18 Å². The number of hydrogen-bond donors (Lipinski definition) is 1. The largest absolute Gasteiger partial charge is 0.416 e. The minimum absolute atomic E-state index is 0.519. The molecule has 1 N–H and O–H groups in total. The van der Waals surface area contributed by atoms with Crippen LogP contribution in [-0.4, -0.2) is 41.2 Å². The molecule has 0 spiro atoms. The minimum Gasteiger partial charge on any atom is -0.367 e. The van der Waals surface area contributed by atoms with Crippen LogP contribution in [0.4, 0.5) is 18.9 Å². The summed E-state index contributed by atoms with van der Waals surface area (Å²) in [6, 6.07) is 15.5. The van der Waals surface area contributed by atoms with Crippen LogP contribution in [0.25, 0.3) is 10.9 Å². The molecule has 2 heterocycles. The van der Waals surface area contributed by atoms with Gasteiger partial charge in [-0.05, 0) is 42.0 Å². The molecule has 156 valence electrons. The molecule has 8 heteroatoms. The highest BCUT2D eigenvalue weighted by molar-refractivity contribution is 7.80. The van der Waals surface area contributed by atoms with Crippen molar-refractivity contribution in [1.29, 1.82) is 0 Å². The molecule has 1 aliphatic rings. The van der Waals surface area contributed by atoms with E-state index in [1.165, 1.54) is 12.1 Å². The first-order valence-electron chi connectivity index (χ1n) is 9.69. The molecule has 1 aromatic heterocycles. The number of fused-ring (bicyclic) bond motifs is 1. The van der Waals surface area contributed by atoms with Gasteiger partial charge in [-0.1, -0.05) is 30.3 Å². The maximum Gasteiger partial charge on any atom is 0.416 e. The summed E-state index contributed by atoms with van der Waals surface area (Å²) in [5.41, 5.74) is 1.83. The zero-order chi connectivity index (χ0) is 21.1. The van der Waals surface area contributed by atoms with Crippen LogP contribution in [0.15, 0.2) is 60.8 Å². The summed E-state index contributed by atoms with van der Waals surface area (Å²) in [5, 5.41) is 4.49. The Balaban J connectivity index is 1.43. The Morgan fingerprint density at radius 1 is 1.00 bits per heavy atom. The topological polar surface area (TPSA) is 31.4 Å². The van der Waals surface area contributed by atoms with Gasteiger partial charge in [0.15, 0.2) is 5.11 Å². The third-order valence-electron chi connectivity index (χ3n) is 5.24. The third kappa shape index (κ3) is 4.48. The molecule has 30 heavy (non-hydrogen) atoms. The molecule has 3 aromatic rings. The molecule has 0 atom stereocenters. The van der Waals surface area contributed by atoms with Crippen LogP contribution in [0.3, 0.4) is 0 Å². The van der Waals surface area contributed by atoms with Gasteiger partial charge in [0.05, 0.1) is 11.1 Å². The highest BCUT2D eigenvalue weighted by atomic mass is 32.1. The van der Waals surface area contributed by atoms with Crippen molar-refractivity contribution in [2.45, 2.75) is 12.7 Å². The Morgan fingerprint density at radius 2 is 1.73 bits per heavy atom. The maximum absolute atomic E-state index is 13.2. The molecular weight excluding hydrogens is 409 g/mol. The summed E-state index contributed by atoms with van der Waals surface area (Å²) in [6.45, 7) is 3.40. The first kappa shape index (κ1) is 20.4. The van der Waals surface area contributed by atoms with E-state index in [0.29, 0.717) is 48.7 Å². The molecule has 0 unspecified atom stereocenters. The van der Waals surface area contributed by atoms with E-state index in [-0.39, 0.29) is 0 Å². The van der Waals surface area contributed by atoms with E-state index in [1.54, 1.807) is 12.3 Å². The van der Waals surface area contributed by atoms with Gasteiger partial charge < -0.3 is 15.1 Å². The van der Waals surface area contributed by atoms with Crippen molar-refractivity contribution < 1.29 is 13.2 Å². The van der Waals surface area contributed by atoms with Gasteiger partial charge in [-0.3, -0.25) is 4.98 Å². The number of thiocarbonyl (C=S) groups is 1. The number of piperazine rings is 1. The van der Waals surface area contributed by atoms with Crippen molar-refractivity contribution in [3.63, 3.8) is 0 Å². The molecule has 1 fully saturated rings. The molecule has 4 nitrogen and oxygen atoms in total. The second kappa shape index (κ2) is 8.47. The van der Waals surface area contributed by atoms with Gasteiger partial charge in [0.1, 0.15) is 0 Å². The second-order valence-corrected chi connectivity index (χ2v) is 7.56. The van der Waals surface area contributed by atoms with E-state index in [1.807, 2.05) is 30.3 Å². The fraction of sp³-hybridized carbons (Fsp3) is 0.273. The quantitative estimate of drug-likeness (QED) is 0.621. The Morgan fingerprint density at radius 3 is 2.43 bits per heavy atom. The molecule has 0 aliphatic carbocycles. The Kier molecular flexibility index (Phi) is 5.76. The summed E-state index contributed by atoms with van der Waals surface area (Å²) >= 11 is 5.52. The van der Waals surface area contributed by atoms with Crippen LogP contribution in [0.5, 0.6) is 0 Å². The van der Waals surface area contributed by atoms with Crippen LogP contribution in [-0.2, 0) is 12.7 Å². The summed E-state index contributed by atoms with van der Waals surface area (Å²) < 4.78 is 39.5. The lowest BCUT2D eigenvalue weighted by Gasteiger charge is -2.37. The Labute approximate surface area is 178 Å². The lowest BCUT2D eigenvalue weighted by Crippen LogP contribution is -2.51. The van der Waals surface area contributed by atoms with E-state index >= 15 is 0 Å². The molecule has 0 bridgehead atoms. The highest BCUT2D eigenvalue weighted by Crippen LogP contribution is 2.34. The van der Waals surface area contributed by atoms with Gasteiger partial charge in [-0.15, -0.1) is 0 Å².